The summed E-state index contributed by atoms with van der Waals surface area (Å²) in [4.78, 5) is 4.47. The van der Waals surface area contributed by atoms with Crippen LogP contribution in [-0.4, -0.2) is 29.8 Å². The lowest BCUT2D eigenvalue weighted by Crippen LogP contribution is -2.34. The molecule has 1 fully saturated rings. The molecular formula is C16H21N3O2. The molecule has 1 aromatic heterocycles. The zero-order valence-electron chi connectivity index (χ0n) is 12.3. The second-order valence-electron chi connectivity index (χ2n) is 5.43. The number of hydrogen-bond donors (Lipinski definition) is 1. The number of aryl methyl sites for hydroxylation is 1. The van der Waals surface area contributed by atoms with Gasteiger partial charge in [0, 0.05) is 18.0 Å². The summed E-state index contributed by atoms with van der Waals surface area (Å²) in [6.45, 7) is 1.13. The van der Waals surface area contributed by atoms with Gasteiger partial charge in [-0.2, -0.15) is 4.98 Å². The Hall–Kier alpha value is -1.88. The zero-order valence-corrected chi connectivity index (χ0v) is 12.3. The van der Waals surface area contributed by atoms with Gasteiger partial charge in [-0.3, -0.25) is 0 Å². The van der Waals surface area contributed by atoms with Gasteiger partial charge in [0.2, 0.25) is 11.7 Å². The first-order valence-electron chi connectivity index (χ1n) is 7.55. The predicted molar refractivity (Wildman–Crippen MR) is 80.2 cm³/mol. The Balaban J connectivity index is 1.59. The fourth-order valence-electron chi connectivity index (χ4n) is 2.68. The largest absolute Gasteiger partial charge is 0.497 e. The van der Waals surface area contributed by atoms with E-state index < -0.39 is 0 Å². The van der Waals surface area contributed by atoms with Crippen LogP contribution in [0.3, 0.4) is 0 Å². The van der Waals surface area contributed by atoms with Crippen LogP contribution in [0.15, 0.2) is 28.8 Å². The first-order valence-corrected chi connectivity index (χ1v) is 7.55. The fourth-order valence-corrected chi connectivity index (χ4v) is 2.68. The van der Waals surface area contributed by atoms with Crippen molar-refractivity contribution in [1.29, 1.82) is 0 Å². The summed E-state index contributed by atoms with van der Waals surface area (Å²) in [6.07, 6.45) is 5.75. The monoisotopic (exact) mass is 287 g/mol. The Morgan fingerprint density at radius 2 is 2.14 bits per heavy atom. The van der Waals surface area contributed by atoms with Crippen molar-refractivity contribution < 1.29 is 9.26 Å². The highest BCUT2D eigenvalue weighted by Gasteiger charge is 2.15. The molecule has 5 nitrogen and oxygen atoms in total. The first kappa shape index (κ1) is 14.1. The highest BCUT2D eigenvalue weighted by molar-refractivity contribution is 5.55. The van der Waals surface area contributed by atoms with Gasteiger partial charge in [-0.05, 0) is 50.1 Å². The maximum absolute atomic E-state index is 5.35. The molecule has 1 unspecified atom stereocenters. The second kappa shape index (κ2) is 6.72. The molecule has 21 heavy (non-hydrogen) atoms. The van der Waals surface area contributed by atoms with Gasteiger partial charge >= 0.3 is 0 Å². The van der Waals surface area contributed by atoms with E-state index in [4.69, 9.17) is 9.26 Å². The maximum Gasteiger partial charge on any atom is 0.227 e. The van der Waals surface area contributed by atoms with Crippen molar-refractivity contribution in [2.24, 2.45) is 0 Å². The van der Waals surface area contributed by atoms with E-state index in [2.05, 4.69) is 15.5 Å². The number of ether oxygens (including phenoxy) is 1. The summed E-state index contributed by atoms with van der Waals surface area (Å²) in [5.41, 5.74) is 0.946. The predicted octanol–water partition coefficient (Wildman–Crippen LogP) is 2.82. The molecule has 5 heteroatoms. The molecule has 1 aromatic carbocycles. The van der Waals surface area contributed by atoms with E-state index in [1.807, 2.05) is 24.3 Å². The molecule has 3 rings (SSSR count). The number of hydrogen-bond acceptors (Lipinski definition) is 5. The van der Waals surface area contributed by atoms with Crippen LogP contribution in [-0.2, 0) is 6.42 Å². The third-order valence-electron chi connectivity index (χ3n) is 3.94. The minimum atomic E-state index is 0.593. The molecule has 2 aromatic rings. The Kier molecular flexibility index (Phi) is 4.50. The Morgan fingerprint density at radius 3 is 2.86 bits per heavy atom. The van der Waals surface area contributed by atoms with E-state index in [0.717, 1.165) is 30.7 Å². The van der Waals surface area contributed by atoms with E-state index in [-0.39, 0.29) is 0 Å². The lowest BCUT2D eigenvalue weighted by molar-refractivity contribution is 0.342. The number of nitrogens with one attached hydrogen (secondary N) is 1. The van der Waals surface area contributed by atoms with Crippen LogP contribution in [0.2, 0.25) is 0 Å². The van der Waals surface area contributed by atoms with Crippen LogP contribution in [0.25, 0.3) is 11.4 Å². The van der Waals surface area contributed by atoms with Crippen molar-refractivity contribution in [3.05, 3.63) is 30.2 Å². The molecule has 0 saturated carbocycles. The standard InChI is InChI=1S/C16H21N3O2/c1-20-14-8-5-12(6-9-14)16-18-15(21-19-16)10-7-13-4-2-3-11-17-13/h5-6,8-9,13,17H,2-4,7,10-11H2,1H3. The third kappa shape index (κ3) is 3.61. The lowest BCUT2D eigenvalue weighted by Gasteiger charge is -2.22. The molecule has 1 aliphatic rings. The molecule has 0 bridgehead atoms. The van der Waals surface area contributed by atoms with Crippen molar-refractivity contribution >= 4 is 0 Å². The molecule has 0 aliphatic carbocycles. The summed E-state index contributed by atoms with van der Waals surface area (Å²) < 4.78 is 10.5. The molecule has 0 spiro atoms. The molecular weight excluding hydrogens is 266 g/mol. The van der Waals surface area contributed by atoms with Crippen LogP contribution < -0.4 is 10.1 Å². The van der Waals surface area contributed by atoms with Crippen LogP contribution >= 0.6 is 0 Å². The first-order chi connectivity index (χ1) is 10.3. The normalized spacial score (nSPS) is 18.6. The summed E-state index contributed by atoms with van der Waals surface area (Å²) in [5, 5.41) is 7.60. The summed E-state index contributed by atoms with van der Waals surface area (Å²) in [6, 6.07) is 8.27. The van der Waals surface area contributed by atoms with E-state index in [1.165, 1.54) is 19.3 Å². The fraction of sp³-hybridized carbons (Fsp3) is 0.500. The highest BCUT2D eigenvalue weighted by atomic mass is 16.5. The molecule has 0 amide bonds. The van der Waals surface area contributed by atoms with Gasteiger partial charge in [0.25, 0.3) is 0 Å². The topological polar surface area (TPSA) is 60.2 Å². The van der Waals surface area contributed by atoms with E-state index in [9.17, 15) is 0 Å². The van der Waals surface area contributed by atoms with Crippen molar-refractivity contribution in [3.63, 3.8) is 0 Å². The van der Waals surface area contributed by atoms with Crippen molar-refractivity contribution in [2.75, 3.05) is 13.7 Å². The number of aromatic nitrogens is 2. The van der Waals surface area contributed by atoms with Gasteiger partial charge < -0.3 is 14.6 Å². The van der Waals surface area contributed by atoms with Crippen molar-refractivity contribution in [1.82, 2.24) is 15.5 Å². The van der Waals surface area contributed by atoms with Gasteiger partial charge in [0.1, 0.15) is 5.75 Å². The molecule has 1 atom stereocenters. The Labute approximate surface area is 124 Å². The Morgan fingerprint density at radius 1 is 1.29 bits per heavy atom. The maximum atomic E-state index is 5.35. The van der Waals surface area contributed by atoms with E-state index in [1.54, 1.807) is 7.11 Å². The van der Waals surface area contributed by atoms with Gasteiger partial charge in [-0.1, -0.05) is 11.6 Å². The molecule has 0 radical (unpaired) electrons. The molecule has 2 heterocycles. The number of benzene rings is 1. The third-order valence-corrected chi connectivity index (χ3v) is 3.94. The molecule has 1 N–H and O–H groups in total. The molecule has 1 saturated heterocycles. The number of methoxy groups -OCH3 is 1. The van der Waals surface area contributed by atoms with Crippen LogP contribution in [0.1, 0.15) is 31.6 Å². The summed E-state index contributed by atoms with van der Waals surface area (Å²) in [5.74, 6) is 2.18. The quantitative estimate of drug-likeness (QED) is 0.916. The van der Waals surface area contributed by atoms with Gasteiger partial charge in [0.15, 0.2) is 0 Å². The SMILES string of the molecule is COc1ccc(-c2noc(CCC3CCCCN3)n2)cc1. The lowest BCUT2D eigenvalue weighted by atomic mass is 10.0. The second-order valence-corrected chi connectivity index (χ2v) is 5.43. The Bertz CT molecular complexity index is 559. The summed E-state index contributed by atoms with van der Waals surface area (Å²) in [7, 11) is 1.65. The number of piperidine rings is 1. The van der Waals surface area contributed by atoms with Crippen LogP contribution in [0.4, 0.5) is 0 Å². The highest BCUT2D eigenvalue weighted by Crippen LogP contribution is 2.20. The summed E-state index contributed by atoms with van der Waals surface area (Å²) >= 11 is 0. The number of nitrogens with zero attached hydrogens (tertiary/aromatic N) is 2. The van der Waals surface area contributed by atoms with Gasteiger partial charge in [-0.25, -0.2) is 0 Å². The number of rotatable bonds is 5. The average Bonchev–Trinajstić information content (AvgIpc) is 3.03. The van der Waals surface area contributed by atoms with Gasteiger partial charge in [0.05, 0.1) is 7.11 Å². The molecule has 1 aliphatic heterocycles. The van der Waals surface area contributed by atoms with Crippen LogP contribution in [0.5, 0.6) is 5.75 Å². The van der Waals surface area contributed by atoms with E-state index in [0.29, 0.717) is 17.8 Å². The zero-order chi connectivity index (χ0) is 14.5. The van der Waals surface area contributed by atoms with E-state index >= 15 is 0 Å². The van der Waals surface area contributed by atoms with Crippen LogP contribution in [0, 0.1) is 0 Å². The minimum Gasteiger partial charge on any atom is -0.497 e. The molecule has 112 valence electrons. The minimum absolute atomic E-state index is 0.593. The van der Waals surface area contributed by atoms with Crippen molar-refractivity contribution in [3.8, 4) is 17.1 Å². The average molecular weight is 287 g/mol. The smallest absolute Gasteiger partial charge is 0.227 e. The van der Waals surface area contributed by atoms with Gasteiger partial charge in [-0.15, -0.1) is 0 Å². The van der Waals surface area contributed by atoms with Crippen molar-refractivity contribution in [2.45, 2.75) is 38.1 Å².